The molecule has 3 heteroatoms. The van der Waals surface area contributed by atoms with Gasteiger partial charge in [0.15, 0.2) is 0 Å². The Kier molecular flexibility index (Phi) is 2.51. The molecule has 0 saturated carbocycles. The second-order valence-corrected chi connectivity index (χ2v) is 4.51. The largest absolute Gasteiger partial charge is 0.314 e. The number of allylic oxidation sites excluding steroid dienone is 2. The van der Waals surface area contributed by atoms with Gasteiger partial charge in [0.05, 0.1) is 5.70 Å². The minimum Gasteiger partial charge on any atom is -0.314 e. The van der Waals surface area contributed by atoms with Crippen molar-refractivity contribution >= 4 is 0 Å². The zero-order chi connectivity index (χ0) is 10.1. The zero-order valence-corrected chi connectivity index (χ0v) is 9.21. The van der Waals surface area contributed by atoms with Gasteiger partial charge in [0.2, 0.25) is 0 Å². The van der Waals surface area contributed by atoms with Gasteiger partial charge in [0.25, 0.3) is 0 Å². The molecule has 2 heterocycles. The van der Waals surface area contributed by atoms with Gasteiger partial charge in [-0.05, 0) is 30.9 Å². The SMILES string of the molecule is C1=CC2=C(CC1)CCN2N1CCNCC1. The molecule has 0 amide bonds. The number of rotatable bonds is 1. The predicted octanol–water partition coefficient (Wildman–Crippen LogP) is 1.12. The van der Waals surface area contributed by atoms with Crippen LogP contribution < -0.4 is 5.32 Å². The van der Waals surface area contributed by atoms with Crippen molar-refractivity contribution in [1.82, 2.24) is 15.3 Å². The minimum atomic E-state index is 1.13. The standard InChI is InChI=1S/C12H19N3/c1-2-4-12-11(3-1)5-8-15(12)14-9-6-13-7-10-14/h2,4,13H,1,3,5-10H2. The molecule has 3 rings (SSSR count). The van der Waals surface area contributed by atoms with E-state index in [1.165, 1.54) is 31.5 Å². The molecular formula is C12H19N3. The van der Waals surface area contributed by atoms with E-state index in [1.807, 2.05) is 0 Å². The highest BCUT2D eigenvalue weighted by Gasteiger charge is 2.27. The summed E-state index contributed by atoms with van der Waals surface area (Å²) >= 11 is 0. The summed E-state index contributed by atoms with van der Waals surface area (Å²) in [7, 11) is 0. The smallest absolute Gasteiger partial charge is 0.0511 e. The van der Waals surface area contributed by atoms with E-state index in [9.17, 15) is 0 Å². The van der Waals surface area contributed by atoms with Crippen LogP contribution in [0, 0.1) is 0 Å². The molecule has 0 unspecified atom stereocenters. The summed E-state index contributed by atoms with van der Waals surface area (Å²) < 4.78 is 0. The molecule has 1 fully saturated rings. The van der Waals surface area contributed by atoms with Crippen molar-refractivity contribution in [3.8, 4) is 0 Å². The van der Waals surface area contributed by atoms with Crippen molar-refractivity contribution in [2.24, 2.45) is 0 Å². The molecule has 0 aromatic heterocycles. The Bertz CT molecular complexity index is 300. The fourth-order valence-electron chi connectivity index (χ4n) is 2.77. The summed E-state index contributed by atoms with van der Waals surface area (Å²) in [6, 6.07) is 0. The molecule has 0 radical (unpaired) electrons. The number of nitrogens with one attached hydrogen (secondary N) is 1. The maximum absolute atomic E-state index is 3.41. The van der Waals surface area contributed by atoms with Gasteiger partial charge in [-0.1, -0.05) is 6.08 Å². The van der Waals surface area contributed by atoms with Crippen LogP contribution >= 0.6 is 0 Å². The Morgan fingerprint density at radius 3 is 2.80 bits per heavy atom. The second-order valence-electron chi connectivity index (χ2n) is 4.51. The quantitative estimate of drug-likeness (QED) is 0.692. The van der Waals surface area contributed by atoms with Crippen LogP contribution in [0.2, 0.25) is 0 Å². The van der Waals surface area contributed by atoms with Crippen LogP contribution in [0.1, 0.15) is 19.3 Å². The van der Waals surface area contributed by atoms with Gasteiger partial charge in [0, 0.05) is 32.7 Å². The first-order valence-electron chi connectivity index (χ1n) is 6.07. The summed E-state index contributed by atoms with van der Waals surface area (Å²) in [5, 5.41) is 8.42. The lowest BCUT2D eigenvalue weighted by Gasteiger charge is -2.37. The van der Waals surface area contributed by atoms with E-state index in [2.05, 4.69) is 27.5 Å². The van der Waals surface area contributed by atoms with E-state index in [-0.39, 0.29) is 0 Å². The zero-order valence-electron chi connectivity index (χ0n) is 9.21. The van der Waals surface area contributed by atoms with Gasteiger partial charge in [-0.25, -0.2) is 5.01 Å². The van der Waals surface area contributed by atoms with Gasteiger partial charge >= 0.3 is 0 Å². The first-order valence-corrected chi connectivity index (χ1v) is 6.07. The monoisotopic (exact) mass is 205 g/mol. The molecule has 0 aromatic carbocycles. The number of hydrazine groups is 1. The average molecular weight is 205 g/mol. The van der Waals surface area contributed by atoms with Crippen LogP contribution in [0.4, 0.5) is 0 Å². The lowest BCUT2D eigenvalue weighted by Crippen LogP contribution is -2.51. The molecule has 15 heavy (non-hydrogen) atoms. The topological polar surface area (TPSA) is 18.5 Å². The molecular weight excluding hydrogens is 186 g/mol. The highest BCUT2D eigenvalue weighted by molar-refractivity contribution is 5.31. The molecule has 1 aliphatic carbocycles. The Hall–Kier alpha value is -0.800. The molecule has 3 nitrogen and oxygen atoms in total. The van der Waals surface area contributed by atoms with E-state index in [4.69, 9.17) is 0 Å². The molecule has 0 bridgehead atoms. The number of nitrogens with zero attached hydrogens (tertiary/aromatic N) is 2. The summed E-state index contributed by atoms with van der Waals surface area (Å²) in [5.74, 6) is 0. The average Bonchev–Trinajstić information content (AvgIpc) is 2.74. The van der Waals surface area contributed by atoms with Crippen LogP contribution in [-0.4, -0.2) is 42.7 Å². The summed E-state index contributed by atoms with van der Waals surface area (Å²) in [6.45, 7) is 5.77. The third-order valence-corrected chi connectivity index (χ3v) is 3.59. The summed E-state index contributed by atoms with van der Waals surface area (Å²) in [4.78, 5) is 0. The first kappa shape index (κ1) is 9.43. The van der Waals surface area contributed by atoms with Gasteiger partial charge in [0.1, 0.15) is 0 Å². The van der Waals surface area contributed by atoms with E-state index < -0.39 is 0 Å². The Morgan fingerprint density at radius 1 is 1.07 bits per heavy atom. The molecule has 3 aliphatic rings. The molecule has 0 atom stereocenters. The van der Waals surface area contributed by atoms with E-state index in [1.54, 1.807) is 5.57 Å². The molecule has 82 valence electrons. The van der Waals surface area contributed by atoms with Crippen molar-refractivity contribution in [1.29, 1.82) is 0 Å². The molecule has 0 spiro atoms. The normalized spacial score (nSPS) is 27.3. The predicted molar refractivity (Wildman–Crippen MR) is 61.2 cm³/mol. The molecule has 1 N–H and O–H groups in total. The lowest BCUT2D eigenvalue weighted by atomic mass is 10.0. The van der Waals surface area contributed by atoms with Crippen molar-refractivity contribution in [3.05, 3.63) is 23.4 Å². The lowest BCUT2D eigenvalue weighted by molar-refractivity contribution is 0.0106. The van der Waals surface area contributed by atoms with Crippen molar-refractivity contribution < 1.29 is 0 Å². The second kappa shape index (κ2) is 3.99. The Labute approximate surface area is 91.4 Å². The third-order valence-electron chi connectivity index (χ3n) is 3.59. The number of hydrogen-bond donors (Lipinski definition) is 1. The van der Waals surface area contributed by atoms with Gasteiger partial charge < -0.3 is 10.3 Å². The Balaban J connectivity index is 1.76. The van der Waals surface area contributed by atoms with Gasteiger partial charge in [-0.3, -0.25) is 0 Å². The van der Waals surface area contributed by atoms with Gasteiger partial charge in [-0.15, -0.1) is 0 Å². The van der Waals surface area contributed by atoms with E-state index in [0.29, 0.717) is 0 Å². The summed E-state index contributed by atoms with van der Waals surface area (Å²) in [5.41, 5.74) is 3.18. The fraction of sp³-hybridized carbons (Fsp3) is 0.667. The van der Waals surface area contributed by atoms with E-state index >= 15 is 0 Å². The highest BCUT2D eigenvalue weighted by Crippen LogP contribution is 2.31. The minimum absolute atomic E-state index is 1.13. The van der Waals surface area contributed by atoms with Crippen molar-refractivity contribution in [2.45, 2.75) is 19.3 Å². The fourth-order valence-corrected chi connectivity index (χ4v) is 2.77. The maximum Gasteiger partial charge on any atom is 0.0511 e. The van der Waals surface area contributed by atoms with Crippen LogP contribution in [0.3, 0.4) is 0 Å². The maximum atomic E-state index is 3.41. The Morgan fingerprint density at radius 2 is 1.93 bits per heavy atom. The van der Waals surface area contributed by atoms with E-state index in [0.717, 1.165) is 26.2 Å². The van der Waals surface area contributed by atoms with Gasteiger partial charge in [-0.2, -0.15) is 0 Å². The number of hydrogen-bond acceptors (Lipinski definition) is 3. The first-order chi connectivity index (χ1) is 7.45. The van der Waals surface area contributed by atoms with Crippen LogP contribution in [-0.2, 0) is 0 Å². The molecule has 0 aromatic rings. The third kappa shape index (κ3) is 1.70. The van der Waals surface area contributed by atoms with Crippen molar-refractivity contribution in [2.75, 3.05) is 32.7 Å². The number of piperazine rings is 1. The van der Waals surface area contributed by atoms with Crippen molar-refractivity contribution in [3.63, 3.8) is 0 Å². The molecule has 2 aliphatic heterocycles. The van der Waals surface area contributed by atoms with Crippen LogP contribution in [0.25, 0.3) is 0 Å². The molecule has 1 saturated heterocycles. The van der Waals surface area contributed by atoms with Crippen LogP contribution in [0.5, 0.6) is 0 Å². The van der Waals surface area contributed by atoms with Crippen LogP contribution in [0.15, 0.2) is 23.4 Å². The summed E-state index contributed by atoms with van der Waals surface area (Å²) in [6.07, 6.45) is 8.46. The highest BCUT2D eigenvalue weighted by atomic mass is 15.6.